The lowest BCUT2D eigenvalue weighted by Crippen LogP contribution is -2.12. The molecule has 2 aliphatic heterocycles. The van der Waals surface area contributed by atoms with Crippen molar-refractivity contribution in [2.24, 2.45) is 0 Å². The molecule has 0 aliphatic carbocycles. The monoisotopic (exact) mass is 454 g/mol. The van der Waals surface area contributed by atoms with Crippen LogP contribution < -0.4 is 9.47 Å². The van der Waals surface area contributed by atoms with E-state index >= 15 is 0 Å². The molecular weight excluding hydrogens is 439 g/mol. The molecule has 2 aliphatic rings. The number of halogens is 2. The number of carbonyl (C=O) groups excluding carboxylic acids is 1. The number of hydrogen-bond donors (Lipinski definition) is 0. The van der Waals surface area contributed by atoms with Crippen LogP contribution in [0.2, 0.25) is 10.0 Å². The molecular formula is C24H16Cl2O5. The first-order chi connectivity index (χ1) is 15.1. The number of rotatable bonds is 6. The fraction of sp³-hybridized carbons (Fsp3) is 0.125. The number of ketones is 1. The zero-order valence-corrected chi connectivity index (χ0v) is 17.7. The van der Waals surface area contributed by atoms with Gasteiger partial charge in [0.25, 0.3) is 0 Å². The van der Waals surface area contributed by atoms with E-state index in [0.29, 0.717) is 51.6 Å². The van der Waals surface area contributed by atoms with E-state index in [9.17, 15) is 4.79 Å². The summed E-state index contributed by atoms with van der Waals surface area (Å²) < 4.78 is 22.4. The molecule has 7 heteroatoms. The van der Waals surface area contributed by atoms with Crippen LogP contribution >= 0.6 is 23.2 Å². The lowest BCUT2D eigenvalue weighted by molar-refractivity contribution is -0.0166. The summed E-state index contributed by atoms with van der Waals surface area (Å²) in [6.07, 6.45) is 0. The van der Waals surface area contributed by atoms with Gasteiger partial charge in [0.1, 0.15) is 18.1 Å². The molecule has 3 aromatic rings. The molecule has 5 nitrogen and oxygen atoms in total. The Morgan fingerprint density at radius 1 is 1.00 bits per heavy atom. The van der Waals surface area contributed by atoms with Gasteiger partial charge in [-0.25, -0.2) is 0 Å². The topological polar surface area (TPSA) is 57.3 Å². The molecule has 0 spiro atoms. The average Bonchev–Trinajstić information content (AvgIpc) is 3.58. The number of benzene rings is 3. The van der Waals surface area contributed by atoms with Gasteiger partial charge in [-0.3, -0.25) is 4.79 Å². The smallest absolute Gasteiger partial charge is 0.235 e. The van der Waals surface area contributed by atoms with Crippen LogP contribution in [0.25, 0.3) is 5.76 Å². The quantitative estimate of drug-likeness (QED) is 0.426. The summed E-state index contributed by atoms with van der Waals surface area (Å²) in [7, 11) is 0. The Labute approximate surface area is 188 Å². The number of fused-ring (bicyclic) bond motifs is 1. The van der Waals surface area contributed by atoms with Crippen molar-refractivity contribution >= 4 is 34.7 Å². The van der Waals surface area contributed by atoms with E-state index in [1.165, 1.54) is 0 Å². The Hall–Kier alpha value is -2.99. The van der Waals surface area contributed by atoms with Crippen molar-refractivity contribution in [3.8, 4) is 11.5 Å². The standard InChI is InChI=1S/C24H16Cl2O5/c25-16-6-7-20(29-11-14-4-2-1-3-5-14)18(9-16)21(27)24-23(31-24)19-10-17(26)8-15-12-28-13-30-22(15)19/h1-10H,11-13H2. The second kappa shape index (κ2) is 8.27. The van der Waals surface area contributed by atoms with Gasteiger partial charge in [0.15, 0.2) is 12.6 Å². The van der Waals surface area contributed by atoms with E-state index in [1.54, 1.807) is 30.3 Å². The molecule has 0 radical (unpaired) electrons. The molecule has 31 heavy (non-hydrogen) atoms. The highest BCUT2D eigenvalue weighted by Crippen LogP contribution is 2.46. The van der Waals surface area contributed by atoms with Crippen LogP contribution in [0.5, 0.6) is 11.5 Å². The predicted octanol–water partition coefficient (Wildman–Crippen LogP) is 6.02. The Morgan fingerprint density at radius 3 is 2.68 bits per heavy atom. The fourth-order valence-electron chi connectivity index (χ4n) is 3.42. The Bertz CT molecular complexity index is 1200. The van der Waals surface area contributed by atoms with Crippen LogP contribution in [0.15, 0.2) is 66.4 Å². The van der Waals surface area contributed by atoms with Crippen molar-refractivity contribution in [3.05, 3.63) is 98.7 Å². The molecule has 0 saturated heterocycles. The van der Waals surface area contributed by atoms with E-state index < -0.39 is 0 Å². The normalized spacial score (nSPS) is 14.4. The third-order valence-corrected chi connectivity index (χ3v) is 5.37. The second-order valence-electron chi connectivity index (χ2n) is 7.06. The van der Waals surface area contributed by atoms with E-state index in [1.807, 2.05) is 30.3 Å². The third-order valence-electron chi connectivity index (χ3n) is 4.92. The maximum atomic E-state index is 13.2. The maximum absolute atomic E-state index is 13.2. The van der Waals surface area contributed by atoms with Crippen LogP contribution in [-0.4, -0.2) is 12.6 Å². The molecule has 0 atom stereocenters. The zero-order valence-electron chi connectivity index (χ0n) is 16.2. The number of allylic oxidation sites excluding steroid dienone is 1. The summed E-state index contributed by atoms with van der Waals surface area (Å²) >= 11 is 12.4. The van der Waals surface area contributed by atoms with Crippen LogP contribution in [0.4, 0.5) is 0 Å². The van der Waals surface area contributed by atoms with Crippen molar-refractivity contribution in [2.75, 3.05) is 6.79 Å². The number of Topliss-reactive ketones (excluding diaryl/α,β-unsaturated/α-hetero) is 1. The van der Waals surface area contributed by atoms with E-state index in [4.69, 9.17) is 42.1 Å². The first kappa shape index (κ1) is 19.9. The first-order valence-corrected chi connectivity index (χ1v) is 10.3. The molecule has 0 unspecified atom stereocenters. The molecule has 0 bridgehead atoms. The maximum Gasteiger partial charge on any atom is 0.235 e. The molecule has 0 saturated carbocycles. The molecule has 0 aromatic heterocycles. The summed E-state index contributed by atoms with van der Waals surface area (Å²) in [6, 6.07) is 18.1. The minimum absolute atomic E-state index is 0.129. The minimum atomic E-state index is -0.318. The Morgan fingerprint density at radius 2 is 1.84 bits per heavy atom. The van der Waals surface area contributed by atoms with Gasteiger partial charge in [0, 0.05) is 15.6 Å². The van der Waals surface area contributed by atoms with E-state index in [0.717, 1.165) is 11.1 Å². The van der Waals surface area contributed by atoms with Crippen molar-refractivity contribution < 1.29 is 23.7 Å². The highest BCUT2D eigenvalue weighted by atomic mass is 35.5. The van der Waals surface area contributed by atoms with Gasteiger partial charge < -0.3 is 18.9 Å². The van der Waals surface area contributed by atoms with Gasteiger partial charge in [-0.2, -0.15) is 0 Å². The van der Waals surface area contributed by atoms with Gasteiger partial charge in [-0.15, -0.1) is 0 Å². The lowest BCUT2D eigenvalue weighted by atomic mass is 10.1. The predicted molar refractivity (Wildman–Crippen MR) is 116 cm³/mol. The number of carbonyl (C=O) groups is 1. The van der Waals surface area contributed by atoms with Crippen LogP contribution in [0.1, 0.15) is 27.0 Å². The van der Waals surface area contributed by atoms with Gasteiger partial charge in [-0.05, 0) is 35.9 Å². The zero-order chi connectivity index (χ0) is 21.4. The summed E-state index contributed by atoms with van der Waals surface area (Å²) in [6.45, 7) is 0.834. The van der Waals surface area contributed by atoms with Crippen molar-refractivity contribution in [2.45, 2.75) is 13.2 Å². The highest BCUT2D eigenvalue weighted by molar-refractivity contribution is 6.32. The van der Waals surface area contributed by atoms with Gasteiger partial charge in [0.2, 0.25) is 11.5 Å². The summed E-state index contributed by atoms with van der Waals surface area (Å²) in [5.41, 5.74) is 2.75. The largest absolute Gasteiger partial charge is 0.488 e. The summed E-state index contributed by atoms with van der Waals surface area (Å²) in [5, 5.41) is 0.936. The van der Waals surface area contributed by atoms with Gasteiger partial charge in [-0.1, -0.05) is 53.5 Å². The van der Waals surface area contributed by atoms with Gasteiger partial charge >= 0.3 is 0 Å². The molecule has 0 N–H and O–H groups in total. The average molecular weight is 455 g/mol. The Kier molecular flexibility index (Phi) is 5.32. The second-order valence-corrected chi connectivity index (χ2v) is 7.93. The van der Waals surface area contributed by atoms with Crippen LogP contribution in [0.3, 0.4) is 0 Å². The fourth-order valence-corrected chi connectivity index (χ4v) is 3.83. The molecule has 5 rings (SSSR count). The lowest BCUT2D eigenvalue weighted by Gasteiger charge is -2.19. The van der Waals surface area contributed by atoms with Crippen molar-refractivity contribution in [1.82, 2.24) is 0 Å². The van der Waals surface area contributed by atoms with Crippen LogP contribution in [-0.2, 0) is 22.7 Å². The number of hydrogen-bond acceptors (Lipinski definition) is 5. The molecule has 0 amide bonds. The van der Waals surface area contributed by atoms with E-state index in [-0.39, 0.29) is 18.3 Å². The molecule has 3 aromatic carbocycles. The SMILES string of the molecule is O=C(C1=C(c2cc(Cl)cc3c2OCOC3)O1)c1cc(Cl)ccc1OCc1ccccc1. The van der Waals surface area contributed by atoms with Crippen molar-refractivity contribution in [1.29, 1.82) is 0 Å². The van der Waals surface area contributed by atoms with E-state index in [2.05, 4.69) is 0 Å². The summed E-state index contributed by atoms with van der Waals surface area (Å²) in [4.78, 5) is 13.2. The molecule has 2 heterocycles. The Balaban J connectivity index is 1.45. The summed E-state index contributed by atoms with van der Waals surface area (Å²) in [5.74, 6) is 1.37. The highest BCUT2D eigenvalue weighted by Gasteiger charge is 2.38. The van der Waals surface area contributed by atoms with Gasteiger partial charge in [0.05, 0.1) is 17.7 Å². The number of ether oxygens (including phenoxy) is 4. The first-order valence-electron chi connectivity index (χ1n) is 9.56. The molecule has 0 fully saturated rings. The van der Waals surface area contributed by atoms with Crippen LogP contribution in [0, 0.1) is 0 Å². The van der Waals surface area contributed by atoms with Crippen molar-refractivity contribution in [3.63, 3.8) is 0 Å². The molecule has 156 valence electrons. The minimum Gasteiger partial charge on any atom is -0.488 e. The third kappa shape index (κ3) is 4.12.